The van der Waals surface area contributed by atoms with E-state index in [-0.39, 0.29) is 12.0 Å². The molecule has 21 heavy (non-hydrogen) atoms. The number of amides is 1. The van der Waals surface area contributed by atoms with Crippen LogP contribution in [0.2, 0.25) is 0 Å². The van der Waals surface area contributed by atoms with Crippen LogP contribution in [-0.2, 0) is 0 Å². The van der Waals surface area contributed by atoms with Gasteiger partial charge in [0.05, 0.1) is 11.7 Å². The van der Waals surface area contributed by atoms with Crippen molar-refractivity contribution in [2.45, 2.75) is 51.8 Å². The molecule has 0 bridgehead atoms. The summed E-state index contributed by atoms with van der Waals surface area (Å²) in [5.74, 6) is 0.457. The molecule has 116 valence electrons. The number of carbonyl (C=O) groups excluding carboxylic acids is 1. The molecule has 0 radical (unpaired) electrons. The Morgan fingerprint density at radius 3 is 2.67 bits per heavy atom. The summed E-state index contributed by atoms with van der Waals surface area (Å²) in [6.07, 6.45) is 4.19. The number of carbonyl (C=O) groups is 1. The van der Waals surface area contributed by atoms with E-state index >= 15 is 0 Å². The molecule has 0 aliphatic heterocycles. The van der Waals surface area contributed by atoms with Gasteiger partial charge in [0, 0.05) is 30.9 Å². The summed E-state index contributed by atoms with van der Waals surface area (Å²) >= 11 is 0. The highest BCUT2D eigenvalue weighted by Crippen LogP contribution is 2.26. The summed E-state index contributed by atoms with van der Waals surface area (Å²) in [4.78, 5) is 18.6. The number of ether oxygens (including phenoxy) is 1. The van der Waals surface area contributed by atoms with Crippen molar-refractivity contribution in [3.8, 4) is 5.88 Å². The number of hydrogen-bond acceptors (Lipinski definition) is 4. The second-order valence-electron chi connectivity index (χ2n) is 6.01. The zero-order chi connectivity index (χ0) is 15.4. The van der Waals surface area contributed by atoms with Gasteiger partial charge in [-0.2, -0.15) is 0 Å². The summed E-state index contributed by atoms with van der Waals surface area (Å²) in [5, 5.41) is 2.96. The van der Waals surface area contributed by atoms with Crippen molar-refractivity contribution in [1.29, 1.82) is 0 Å². The fourth-order valence-corrected chi connectivity index (χ4v) is 2.15. The quantitative estimate of drug-likeness (QED) is 0.835. The molecule has 0 saturated heterocycles. The predicted molar refractivity (Wildman–Crippen MR) is 82.6 cm³/mol. The van der Waals surface area contributed by atoms with Crippen LogP contribution in [-0.4, -0.2) is 47.6 Å². The first-order valence-electron chi connectivity index (χ1n) is 7.60. The summed E-state index contributed by atoms with van der Waals surface area (Å²) in [6, 6.07) is 4.52. The fraction of sp³-hybridized carbons (Fsp3) is 0.625. The molecule has 1 aromatic rings. The molecule has 0 aromatic carbocycles. The number of nitrogens with one attached hydrogen (secondary N) is 1. The van der Waals surface area contributed by atoms with E-state index in [1.807, 2.05) is 13.8 Å². The largest absolute Gasteiger partial charge is 0.475 e. The summed E-state index contributed by atoms with van der Waals surface area (Å²) in [7, 11) is 2.12. The van der Waals surface area contributed by atoms with Gasteiger partial charge in [0.25, 0.3) is 5.91 Å². The Balaban J connectivity index is 1.82. The van der Waals surface area contributed by atoms with Crippen molar-refractivity contribution >= 4 is 5.91 Å². The van der Waals surface area contributed by atoms with Gasteiger partial charge in [-0.05, 0) is 46.7 Å². The van der Waals surface area contributed by atoms with Crippen LogP contribution in [0.15, 0.2) is 18.3 Å². The first kappa shape index (κ1) is 15.8. The standard InChI is InChI=1S/C16H25N3O2/c1-11(2)21-15-8-5-13(10-17-15)16(20)18-9-12(3)19(4)14-6-7-14/h5,8,10-12,14H,6-7,9H2,1-4H3,(H,18,20). The van der Waals surface area contributed by atoms with Gasteiger partial charge in [0.1, 0.15) is 0 Å². The van der Waals surface area contributed by atoms with Gasteiger partial charge < -0.3 is 10.1 Å². The van der Waals surface area contributed by atoms with Crippen molar-refractivity contribution in [3.63, 3.8) is 0 Å². The van der Waals surface area contributed by atoms with Gasteiger partial charge in [0.15, 0.2) is 0 Å². The Bertz CT molecular complexity index is 469. The molecule has 1 unspecified atom stereocenters. The molecule has 1 saturated carbocycles. The van der Waals surface area contributed by atoms with Gasteiger partial charge >= 0.3 is 0 Å². The van der Waals surface area contributed by atoms with E-state index in [9.17, 15) is 4.79 Å². The lowest BCUT2D eigenvalue weighted by Crippen LogP contribution is -2.41. The van der Waals surface area contributed by atoms with Gasteiger partial charge in [-0.3, -0.25) is 9.69 Å². The normalized spacial score (nSPS) is 16.1. The van der Waals surface area contributed by atoms with Crippen LogP contribution in [0.1, 0.15) is 44.0 Å². The number of hydrogen-bond donors (Lipinski definition) is 1. The Labute approximate surface area is 126 Å². The molecule has 5 nitrogen and oxygen atoms in total. The molecule has 1 atom stereocenters. The first-order chi connectivity index (χ1) is 9.97. The van der Waals surface area contributed by atoms with Crippen molar-refractivity contribution < 1.29 is 9.53 Å². The van der Waals surface area contributed by atoms with E-state index in [0.29, 0.717) is 30.1 Å². The third-order valence-electron chi connectivity index (χ3n) is 3.73. The molecule has 5 heteroatoms. The minimum absolute atomic E-state index is 0.0796. The number of pyridine rings is 1. The van der Waals surface area contributed by atoms with Crippen molar-refractivity contribution in [2.75, 3.05) is 13.6 Å². The van der Waals surface area contributed by atoms with Gasteiger partial charge in [-0.25, -0.2) is 4.98 Å². The SMILES string of the molecule is CC(C)Oc1ccc(C(=O)NCC(C)N(C)C2CC2)cn1. The maximum absolute atomic E-state index is 12.1. The smallest absolute Gasteiger partial charge is 0.252 e. The van der Waals surface area contributed by atoms with Crippen LogP contribution < -0.4 is 10.1 Å². The molecule has 1 heterocycles. The van der Waals surface area contributed by atoms with Crippen LogP contribution >= 0.6 is 0 Å². The van der Waals surface area contributed by atoms with Crippen LogP contribution in [0.5, 0.6) is 5.88 Å². The van der Waals surface area contributed by atoms with E-state index in [4.69, 9.17) is 4.74 Å². The molecule has 0 spiro atoms. The van der Waals surface area contributed by atoms with Crippen molar-refractivity contribution in [2.24, 2.45) is 0 Å². The van der Waals surface area contributed by atoms with E-state index in [1.54, 1.807) is 18.3 Å². The lowest BCUT2D eigenvalue weighted by molar-refractivity contribution is 0.0939. The lowest BCUT2D eigenvalue weighted by Gasteiger charge is -2.24. The fourth-order valence-electron chi connectivity index (χ4n) is 2.15. The maximum atomic E-state index is 12.1. The Morgan fingerprint density at radius 2 is 2.14 bits per heavy atom. The monoisotopic (exact) mass is 291 g/mol. The number of aromatic nitrogens is 1. The lowest BCUT2D eigenvalue weighted by atomic mass is 10.2. The first-order valence-corrected chi connectivity index (χ1v) is 7.60. The molecule has 1 amide bonds. The average molecular weight is 291 g/mol. The molecule has 2 rings (SSSR count). The highest BCUT2D eigenvalue weighted by Gasteiger charge is 2.29. The minimum atomic E-state index is -0.0883. The molecular weight excluding hydrogens is 266 g/mol. The van der Waals surface area contributed by atoms with Crippen molar-refractivity contribution in [1.82, 2.24) is 15.2 Å². The molecule has 1 aromatic heterocycles. The summed E-state index contributed by atoms with van der Waals surface area (Å²) < 4.78 is 5.46. The van der Waals surface area contributed by atoms with Crippen LogP contribution in [0.4, 0.5) is 0 Å². The second kappa shape index (κ2) is 6.89. The number of rotatable bonds is 7. The van der Waals surface area contributed by atoms with Crippen LogP contribution in [0.3, 0.4) is 0 Å². The Morgan fingerprint density at radius 1 is 1.43 bits per heavy atom. The summed E-state index contributed by atoms with van der Waals surface area (Å²) in [6.45, 7) is 6.67. The molecule has 1 N–H and O–H groups in total. The van der Waals surface area contributed by atoms with E-state index in [2.05, 4.69) is 29.2 Å². The third-order valence-corrected chi connectivity index (χ3v) is 3.73. The zero-order valence-corrected chi connectivity index (χ0v) is 13.3. The molecular formula is C16H25N3O2. The maximum Gasteiger partial charge on any atom is 0.252 e. The van der Waals surface area contributed by atoms with Crippen LogP contribution in [0.25, 0.3) is 0 Å². The average Bonchev–Trinajstić information content (AvgIpc) is 3.28. The highest BCUT2D eigenvalue weighted by atomic mass is 16.5. The predicted octanol–water partition coefficient (Wildman–Crippen LogP) is 2.08. The zero-order valence-electron chi connectivity index (χ0n) is 13.3. The number of nitrogens with zero attached hydrogens (tertiary/aromatic N) is 2. The van der Waals surface area contributed by atoms with Crippen molar-refractivity contribution in [3.05, 3.63) is 23.9 Å². The Kier molecular flexibility index (Phi) is 5.17. The van der Waals surface area contributed by atoms with Gasteiger partial charge in [-0.15, -0.1) is 0 Å². The molecule has 1 aliphatic rings. The van der Waals surface area contributed by atoms with E-state index < -0.39 is 0 Å². The molecule has 1 aliphatic carbocycles. The topological polar surface area (TPSA) is 54.5 Å². The molecule has 1 fully saturated rings. The minimum Gasteiger partial charge on any atom is -0.475 e. The third kappa shape index (κ3) is 4.70. The van der Waals surface area contributed by atoms with Crippen LogP contribution in [0, 0.1) is 0 Å². The van der Waals surface area contributed by atoms with Gasteiger partial charge in [-0.1, -0.05) is 0 Å². The van der Waals surface area contributed by atoms with E-state index in [1.165, 1.54) is 12.8 Å². The Hall–Kier alpha value is -1.62. The van der Waals surface area contributed by atoms with E-state index in [0.717, 1.165) is 0 Å². The van der Waals surface area contributed by atoms with Gasteiger partial charge in [0.2, 0.25) is 5.88 Å². The highest BCUT2D eigenvalue weighted by molar-refractivity contribution is 5.93. The second-order valence-corrected chi connectivity index (χ2v) is 6.01. The number of likely N-dealkylation sites (N-methyl/N-ethyl adjacent to an activating group) is 1. The summed E-state index contributed by atoms with van der Waals surface area (Å²) in [5.41, 5.74) is 0.562.